The van der Waals surface area contributed by atoms with Crippen LogP contribution in [-0.4, -0.2) is 50.5 Å². The van der Waals surface area contributed by atoms with Crippen LogP contribution in [0.2, 0.25) is 0 Å². The van der Waals surface area contributed by atoms with Crippen LogP contribution in [0.4, 0.5) is 0 Å². The van der Waals surface area contributed by atoms with Crippen molar-refractivity contribution in [3.8, 4) is 0 Å². The van der Waals surface area contributed by atoms with Gasteiger partial charge in [0.1, 0.15) is 11.4 Å². The van der Waals surface area contributed by atoms with Gasteiger partial charge in [0.2, 0.25) is 0 Å². The molecule has 4 aliphatic carbocycles. The molecular weight excluding hydrogens is 456 g/mol. The molecule has 5 aliphatic rings. The first-order valence-corrected chi connectivity index (χ1v) is 14.5. The Morgan fingerprint density at radius 1 is 1.06 bits per heavy atom. The Balaban J connectivity index is 1.45. The van der Waals surface area contributed by atoms with Gasteiger partial charge < -0.3 is 20.1 Å². The molecular formula is C30H48O6. The molecule has 2 bridgehead atoms. The van der Waals surface area contributed by atoms with E-state index in [1.165, 1.54) is 0 Å². The fourth-order valence-corrected chi connectivity index (χ4v) is 10.3. The zero-order valence-electron chi connectivity index (χ0n) is 23.2. The molecule has 0 aromatic heterocycles. The van der Waals surface area contributed by atoms with Crippen molar-refractivity contribution in [2.75, 3.05) is 0 Å². The largest absolute Gasteiger partial charge is 0.458 e. The number of carbonyl (C=O) groups is 2. The van der Waals surface area contributed by atoms with Gasteiger partial charge in [0.05, 0.1) is 23.2 Å². The van der Waals surface area contributed by atoms with E-state index in [2.05, 4.69) is 27.7 Å². The summed E-state index contributed by atoms with van der Waals surface area (Å²) in [5.74, 6) is 1.13. The molecule has 4 saturated carbocycles. The maximum Gasteiger partial charge on any atom is 0.313 e. The third-order valence-electron chi connectivity index (χ3n) is 12.3. The minimum Gasteiger partial charge on any atom is -0.458 e. The highest BCUT2D eigenvalue weighted by molar-refractivity contribution is 5.85. The van der Waals surface area contributed by atoms with Crippen LogP contribution in [0.5, 0.6) is 0 Å². The summed E-state index contributed by atoms with van der Waals surface area (Å²) in [7, 11) is 0. The topological polar surface area (TPSA) is 104 Å². The Hall–Kier alpha value is -0.980. The van der Waals surface area contributed by atoms with Crippen molar-refractivity contribution in [2.45, 2.75) is 129 Å². The highest BCUT2D eigenvalue weighted by atomic mass is 16.6. The van der Waals surface area contributed by atoms with Gasteiger partial charge in [0.15, 0.2) is 0 Å². The van der Waals surface area contributed by atoms with Gasteiger partial charge in [-0.3, -0.25) is 9.59 Å². The molecule has 10 atom stereocenters. The van der Waals surface area contributed by atoms with Gasteiger partial charge in [0, 0.05) is 17.8 Å². The average molecular weight is 505 g/mol. The predicted molar refractivity (Wildman–Crippen MR) is 136 cm³/mol. The second-order valence-corrected chi connectivity index (χ2v) is 14.7. The minimum absolute atomic E-state index is 0.0568. The molecule has 3 N–H and O–H groups in total. The van der Waals surface area contributed by atoms with E-state index < -0.39 is 28.8 Å². The monoisotopic (exact) mass is 504 g/mol. The van der Waals surface area contributed by atoms with Crippen molar-refractivity contribution in [3.05, 3.63) is 0 Å². The smallest absolute Gasteiger partial charge is 0.313 e. The Bertz CT molecular complexity index is 921. The van der Waals surface area contributed by atoms with Crippen molar-refractivity contribution in [2.24, 2.45) is 45.8 Å². The predicted octanol–water partition coefficient (Wildman–Crippen LogP) is 4.42. The van der Waals surface area contributed by atoms with Crippen LogP contribution in [0.1, 0.15) is 106 Å². The van der Waals surface area contributed by atoms with Crippen molar-refractivity contribution >= 4 is 11.8 Å². The normalized spacial score (nSPS) is 47.3. The van der Waals surface area contributed by atoms with E-state index in [9.17, 15) is 24.9 Å². The number of ketones is 1. The van der Waals surface area contributed by atoms with Gasteiger partial charge in [-0.05, 0) is 101 Å². The van der Waals surface area contributed by atoms with Crippen LogP contribution in [0, 0.1) is 45.8 Å². The van der Waals surface area contributed by atoms with Crippen LogP contribution < -0.4 is 0 Å². The first-order chi connectivity index (χ1) is 16.6. The van der Waals surface area contributed by atoms with Crippen molar-refractivity contribution < 1.29 is 29.6 Å². The summed E-state index contributed by atoms with van der Waals surface area (Å²) >= 11 is 0. The van der Waals surface area contributed by atoms with Gasteiger partial charge in [-0.2, -0.15) is 0 Å². The number of aliphatic hydroxyl groups excluding tert-OH is 2. The summed E-state index contributed by atoms with van der Waals surface area (Å²) in [4.78, 5) is 26.7. The van der Waals surface area contributed by atoms with Crippen molar-refractivity contribution in [1.82, 2.24) is 0 Å². The molecule has 1 saturated heterocycles. The molecule has 36 heavy (non-hydrogen) atoms. The van der Waals surface area contributed by atoms with E-state index in [0.29, 0.717) is 43.3 Å². The van der Waals surface area contributed by atoms with E-state index in [0.717, 1.165) is 38.5 Å². The molecule has 0 aromatic rings. The van der Waals surface area contributed by atoms with Gasteiger partial charge in [0.25, 0.3) is 0 Å². The van der Waals surface area contributed by atoms with Gasteiger partial charge in [-0.1, -0.05) is 27.7 Å². The number of ether oxygens (including phenoxy) is 1. The molecule has 0 amide bonds. The van der Waals surface area contributed by atoms with E-state index >= 15 is 0 Å². The zero-order chi connectivity index (χ0) is 26.5. The van der Waals surface area contributed by atoms with E-state index in [1.807, 2.05) is 0 Å². The van der Waals surface area contributed by atoms with Gasteiger partial charge in [-0.25, -0.2) is 0 Å². The number of Topliss-reactive ketones (excluding diaryl/α,β-unsaturated/α-hetero) is 1. The van der Waals surface area contributed by atoms with E-state index in [-0.39, 0.29) is 34.6 Å². The number of hydrogen-bond donors (Lipinski definition) is 3. The third-order valence-corrected chi connectivity index (χ3v) is 12.3. The lowest BCUT2D eigenvalue weighted by Crippen LogP contribution is -2.55. The quantitative estimate of drug-likeness (QED) is 0.479. The summed E-state index contributed by atoms with van der Waals surface area (Å²) in [6.07, 6.45) is 6.08. The number of aliphatic hydroxyl groups is 3. The number of carbonyl (C=O) groups excluding carboxylic acids is 2. The molecule has 0 unspecified atom stereocenters. The molecule has 0 radical (unpaired) electrons. The highest BCUT2D eigenvalue weighted by Gasteiger charge is 2.79. The molecule has 0 aromatic carbocycles. The summed E-state index contributed by atoms with van der Waals surface area (Å²) < 4.78 is 6.48. The zero-order valence-corrected chi connectivity index (χ0v) is 23.2. The van der Waals surface area contributed by atoms with Crippen LogP contribution in [0.3, 0.4) is 0 Å². The molecule has 204 valence electrons. The van der Waals surface area contributed by atoms with Gasteiger partial charge >= 0.3 is 5.97 Å². The fourth-order valence-electron chi connectivity index (χ4n) is 10.3. The first-order valence-electron chi connectivity index (χ1n) is 14.5. The minimum atomic E-state index is -1.16. The Morgan fingerprint density at radius 2 is 1.75 bits per heavy atom. The standard InChI is InChI=1S/C30H48O6/c1-17(7-11-23(33)27(4,5)35)24-20(31)16-30-21-10-9-19-18(8-12-22(32)26(19,2)3)15-29(21,36-25(30)34)14-13-28(24,30)6/h17-21,23-24,31,33,35H,7-16H2,1-6H3/t17-,18+,19-,20+,21-,23+,24+,28-,29+,30+/m1/s1. The van der Waals surface area contributed by atoms with E-state index in [4.69, 9.17) is 4.74 Å². The maximum atomic E-state index is 13.9. The number of rotatable bonds is 5. The number of hydrogen-bond acceptors (Lipinski definition) is 6. The molecule has 6 heteroatoms. The lowest BCUT2D eigenvalue weighted by molar-refractivity contribution is -0.157. The lowest BCUT2D eigenvalue weighted by Gasteiger charge is -2.53. The average Bonchev–Trinajstić information content (AvgIpc) is 3.02. The molecule has 1 aliphatic heterocycles. The molecule has 1 heterocycles. The van der Waals surface area contributed by atoms with Crippen molar-refractivity contribution in [3.63, 3.8) is 0 Å². The fraction of sp³-hybridized carbons (Fsp3) is 0.933. The SMILES string of the molecule is C[C@H](CC[C@H](O)C(C)(C)O)[C@H]1[C@@H](O)C[C@]23C(=O)O[C@@]4(CC[C@]12C)C[C@@H]1CCC(=O)C(C)(C)[C@@H]1CC[C@H]43. The summed E-state index contributed by atoms with van der Waals surface area (Å²) in [6, 6.07) is 0. The molecule has 6 nitrogen and oxygen atoms in total. The van der Waals surface area contributed by atoms with Crippen molar-refractivity contribution in [1.29, 1.82) is 0 Å². The molecule has 5 fully saturated rings. The second-order valence-electron chi connectivity index (χ2n) is 14.7. The highest BCUT2D eigenvalue weighted by Crippen LogP contribution is 2.75. The maximum absolute atomic E-state index is 13.9. The first kappa shape index (κ1) is 26.6. The van der Waals surface area contributed by atoms with Crippen LogP contribution in [0.25, 0.3) is 0 Å². The van der Waals surface area contributed by atoms with Crippen LogP contribution >= 0.6 is 0 Å². The Kier molecular flexibility index (Phi) is 6.11. The van der Waals surface area contributed by atoms with Gasteiger partial charge in [-0.15, -0.1) is 0 Å². The van der Waals surface area contributed by atoms with Crippen LogP contribution in [-0.2, 0) is 14.3 Å². The lowest BCUT2D eigenvalue weighted by atomic mass is 9.47. The molecule has 5 rings (SSSR count). The number of fused-ring (bicyclic) bond motifs is 1. The summed E-state index contributed by atoms with van der Waals surface area (Å²) in [5, 5.41) is 32.1. The van der Waals surface area contributed by atoms with Crippen LogP contribution in [0.15, 0.2) is 0 Å². The Morgan fingerprint density at radius 3 is 2.42 bits per heavy atom. The third kappa shape index (κ3) is 3.45. The van der Waals surface area contributed by atoms with E-state index in [1.54, 1.807) is 13.8 Å². The molecule has 1 spiro atoms. The summed E-state index contributed by atoms with van der Waals surface area (Å²) in [5.41, 5.74) is -2.99. The summed E-state index contributed by atoms with van der Waals surface area (Å²) in [6.45, 7) is 11.8. The Labute approximate surface area is 216 Å². The number of esters is 1. The second kappa shape index (κ2) is 8.26.